The Morgan fingerprint density at radius 2 is 1.80 bits per heavy atom. The van der Waals surface area contributed by atoms with Gasteiger partial charge in [0.1, 0.15) is 0 Å². The third-order valence-corrected chi connectivity index (χ3v) is 4.42. The summed E-state index contributed by atoms with van der Waals surface area (Å²) in [5.41, 5.74) is 2.07. The normalized spacial score (nSPS) is 22.6. The van der Waals surface area contributed by atoms with Crippen LogP contribution in [0, 0.1) is 17.6 Å². The summed E-state index contributed by atoms with van der Waals surface area (Å²) in [6.07, 6.45) is 1.65. The van der Waals surface area contributed by atoms with Crippen LogP contribution in [0.4, 0.5) is 8.78 Å². The lowest BCUT2D eigenvalue weighted by Crippen LogP contribution is -2.07. The zero-order valence-corrected chi connectivity index (χ0v) is 11.7. The number of benzene rings is 2. The SMILES string of the molecule is Fc1ccc(CC(Cl)C2CC2c2ccccc2)cc1F. The highest BCUT2D eigenvalue weighted by molar-refractivity contribution is 6.21. The smallest absolute Gasteiger partial charge is 0.159 e. The third kappa shape index (κ3) is 2.85. The lowest BCUT2D eigenvalue weighted by atomic mass is 10.0. The molecule has 20 heavy (non-hydrogen) atoms. The number of hydrogen-bond donors (Lipinski definition) is 0. The molecule has 0 N–H and O–H groups in total. The van der Waals surface area contributed by atoms with Gasteiger partial charge in [0.25, 0.3) is 0 Å². The number of halogens is 3. The van der Waals surface area contributed by atoms with Crippen molar-refractivity contribution in [2.24, 2.45) is 5.92 Å². The summed E-state index contributed by atoms with van der Waals surface area (Å²) < 4.78 is 26.1. The second-order valence-electron chi connectivity index (χ2n) is 5.39. The second kappa shape index (κ2) is 5.53. The fourth-order valence-corrected chi connectivity index (χ4v) is 3.20. The summed E-state index contributed by atoms with van der Waals surface area (Å²) in [5, 5.41) is -0.0370. The van der Waals surface area contributed by atoms with Gasteiger partial charge in [-0.05, 0) is 47.9 Å². The Kier molecular flexibility index (Phi) is 3.75. The van der Waals surface area contributed by atoms with Crippen molar-refractivity contribution in [3.8, 4) is 0 Å². The predicted molar refractivity (Wildman–Crippen MR) is 77.0 cm³/mol. The van der Waals surface area contributed by atoms with E-state index in [1.165, 1.54) is 11.6 Å². The molecule has 1 saturated carbocycles. The molecule has 3 heteroatoms. The highest BCUT2D eigenvalue weighted by Gasteiger charge is 2.42. The van der Waals surface area contributed by atoms with Crippen molar-refractivity contribution in [2.75, 3.05) is 0 Å². The van der Waals surface area contributed by atoms with Crippen molar-refractivity contribution in [2.45, 2.75) is 24.1 Å². The van der Waals surface area contributed by atoms with E-state index in [-0.39, 0.29) is 5.38 Å². The lowest BCUT2D eigenvalue weighted by Gasteiger charge is -2.10. The van der Waals surface area contributed by atoms with Gasteiger partial charge in [-0.15, -0.1) is 11.6 Å². The first-order chi connectivity index (χ1) is 9.65. The zero-order chi connectivity index (χ0) is 14.1. The second-order valence-corrected chi connectivity index (χ2v) is 5.95. The topological polar surface area (TPSA) is 0 Å². The minimum atomic E-state index is -0.812. The van der Waals surface area contributed by atoms with Gasteiger partial charge in [-0.25, -0.2) is 8.78 Å². The van der Waals surface area contributed by atoms with Gasteiger partial charge in [0.05, 0.1) is 0 Å². The maximum Gasteiger partial charge on any atom is 0.159 e. The average Bonchev–Trinajstić information content (AvgIpc) is 3.24. The van der Waals surface area contributed by atoms with Crippen LogP contribution < -0.4 is 0 Å². The van der Waals surface area contributed by atoms with Crippen LogP contribution in [-0.4, -0.2) is 5.38 Å². The van der Waals surface area contributed by atoms with E-state index in [9.17, 15) is 8.78 Å². The largest absolute Gasteiger partial charge is 0.204 e. The van der Waals surface area contributed by atoms with Gasteiger partial charge in [0.15, 0.2) is 11.6 Å². The first-order valence-electron chi connectivity index (χ1n) is 6.78. The third-order valence-electron chi connectivity index (χ3n) is 3.95. The number of hydrogen-bond acceptors (Lipinski definition) is 0. The quantitative estimate of drug-likeness (QED) is 0.702. The molecule has 1 aliphatic carbocycles. The van der Waals surface area contributed by atoms with E-state index in [0.717, 1.165) is 18.1 Å². The number of alkyl halides is 1. The van der Waals surface area contributed by atoms with E-state index >= 15 is 0 Å². The molecule has 3 atom stereocenters. The average molecular weight is 293 g/mol. The van der Waals surface area contributed by atoms with Gasteiger partial charge in [-0.3, -0.25) is 0 Å². The molecule has 0 saturated heterocycles. The minimum Gasteiger partial charge on any atom is -0.204 e. The zero-order valence-electron chi connectivity index (χ0n) is 10.9. The van der Waals surface area contributed by atoms with Gasteiger partial charge in [-0.1, -0.05) is 36.4 Å². The van der Waals surface area contributed by atoms with Crippen LogP contribution in [0.2, 0.25) is 0 Å². The molecule has 3 unspecified atom stereocenters. The van der Waals surface area contributed by atoms with Crippen LogP contribution in [0.15, 0.2) is 48.5 Å². The summed E-state index contributed by atoms with van der Waals surface area (Å²) in [6, 6.07) is 14.3. The molecule has 0 radical (unpaired) electrons. The van der Waals surface area contributed by atoms with Gasteiger partial charge in [-0.2, -0.15) is 0 Å². The van der Waals surface area contributed by atoms with Crippen molar-refractivity contribution in [3.05, 3.63) is 71.3 Å². The van der Waals surface area contributed by atoms with Crippen LogP contribution in [0.5, 0.6) is 0 Å². The van der Waals surface area contributed by atoms with Gasteiger partial charge in [0.2, 0.25) is 0 Å². The first kappa shape index (κ1) is 13.6. The minimum absolute atomic E-state index is 0.0370. The maximum atomic E-state index is 13.2. The van der Waals surface area contributed by atoms with E-state index in [2.05, 4.69) is 12.1 Å². The van der Waals surface area contributed by atoms with Crippen LogP contribution in [0.1, 0.15) is 23.5 Å². The van der Waals surface area contributed by atoms with Crippen molar-refractivity contribution >= 4 is 11.6 Å². The molecule has 0 nitrogen and oxygen atoms in total. The van der Waals surface area contributed by atoms with E-state index in [1.807, 2.05) is 18.2 Å². The van der Waals surface area contributed by atoms with Crippen molar-refractivity contribution < 1.29 is 8.78 Å². The molecule has 3 rings (SSSR count). The Labute approximate surface area is 122 Å². The summed E-state index contributed by atoms with van der Waals surface area (Å²) in [6.45, 7) is 0. The van der Waals surface area contributed by atoms with Crippen LogP contribution in [0.3, 0.4) is 0 Å². The molecule has 1 aliphatic rings. The molecule has 2 aromatic rings. The fraction of sp³-hybridized carbons (Fsp3) is 0.294. The molecular formula is C17H15ClF2. The Morgan fingerprint density at radius 3 is 2.50 bits per heavy atom. The van der Waals surface area contributed by atoms with E-state index in [1.54, 1.807) is 6.07 Å². The molecule has 0 bridgehead atoms. The van der Waals surface area contributed by atoms with E-state index in [0.29, 0.717) is 18.3 Å². The van der Waals surface area contributed by atoms with Gasteiger partial charge in [0, 0.05) is 5.38 Å². The van der Waals surface area contributed by atoms with E-state index < -0.39 is 11.6 Å². The standard InChI is InChI=1S/C17H15ClF2/c18-15(8-11-6-7-16(19)17(20)9-11)14-10-13(14)12-4-2-1-3-5-12/h1-7,9,13-15H,8,10H2. The monoisotopic (exact) mass is 292 g/mol. The molecule has 0 heterocycles. The number of rotatable bonds is 4. The predicted octanol–water partition coefficient (Wildman–Crippen LogP) is 4.92. The molecule has 2 aromatic carbocycles. The highest BCUT2D eigenvalue weighted by atomic mass is 35.5. The molecule has 0 spiro atoms. The Bertz CT molecular complexity index is 597. The van der Waals surface area contributed by atoms with Crippen molar-refractivity contribution in [1.82, 2.24) is 0 Å². The molecule has 0 amide bonds. The summed E-state index contributed by atoms with van der Waals surface area (Å²) in [7, 11) is 0. The fourth-order valence-electron chi connectivity index (χ4n) is 2.74. The Morgan fingerprint density at radius 1 is 1.05 bits per heavy atom. The van der Waals surface area contributed by atoms with Crippen LogP contribution in [-0.2, 0) is 6.42 Å². The van der Waals surface area contributed by atoms with Crippen molar-refractivity contribution in [3.63, 3.8) is 0 Å². The highest BCUT2D eigenvalue weighted by Crippen LogP contribution is 2.51. The van der Waals surface area contributed by atoms with Gasteiger partial charge >= 0.3 is 0 Å². The first-order valence-corrected chi connectivity index (χ1v) is 7.21. The molecule has 0 aromatic heterocycles. The molecule has 1 fully saturated rings. The Balaban J connectivity index is 1.63. The molecule has 104 valence electrons. The van der Waals surface area contributed by atoms with E-state index in [4.69, 9.17) is 11.6 Å². The van der Waals surface area contributed by atoms with Crippen LogP contribution in [0.25, 0.3) is 0 Å². The maximum absolute atomic E-state index is 13.2. The Hall–Kier alpha value is -1.41. The molecule has 0 aliphatic heterocycles. The van der Waals surface area contributed by atoms with Gasteiger partial charge < -0.3 is 0 Å². The summed E-state index contributed by atoms with van der Waals surface area (Å²) in [4.78, 5) is 0. The van der Waals surface area contributed by atoms with Crippen molar-refractivity contribution in [1.29, 1.82) is 0 Å². The van der Waals surface area contributed by atoms with Crippen LogP contribution >= 0.6 is 11.6 Å². The summed E-state index contributed by atoms with van der Waals surface area (Å²) in [5.74, 6) is -0.689. The molecular weight excluding hydrogens is 278 g/mol. The lowest BCUT2D eigenvalue weighted by molar-refractivity contribution is 0.506. The summed E-state index contributed by atoms with van der Waals surface area (Å²) >= 11 is 6.43.